The van der Waals surface area contributed by atoms with E-state index >= 15 is 0 Å². The first-order valence-corrected chi connectivity index (χ1v) is 8.71. The number of rotatable bonds is 6. The third-order valence-electron chi connectivity index (χ3n) is 3.82. The van der Waals surface area contributed by atoms with E-state index in [1.165, 1.54) is 34.8 Å². The van der Waals surface area contributed by atoms with Crippen molar-refractivity contribution in [1.82, 2.24) is 10.3 Å². The lowest BCUT2D eigenvalue weighted by atomic mass is 10.1. The molecule has 1 aromatic heterocycles. The molecule has 0 amide bonds. The number of hydrogen-bond donors (Lipinski definition) is 1. The number of anilines is 1. The van der Waals surface area contributed by atoms with Crippen molar-refractivity contribution in [3.05, 3.63) is 35.2 Å². The summed E-state index contributed by atoms with van der Waals surface area (Å²) in [6.45, 7) is 6.50. The fraction of sp³-hybridized carbons (Fsp3) is 0.471. The van der Waals surface area contributed by atoms with Gasteiger partial charge in [0.1, 0.15) is 0 Å². The quantitative estimate of drug-likeness (QED) is 0.820. The molecule has 21 heavy (non-hydrogen) atoms. The van der Waals surface area contributed by atoms with Crippen LogP contribution in [0.3, 0.4) is 0 Å². The second kappa shape index (κ2) is 7.05. The van der Waals surface area contributed by atoms with Crippen molar-refractivity contribution in [3.63, 3.8) is 0 Å². The molecule has 0 radical (unpaired) electrons. The Hall–Kier alpha value is -1.39. The highest BCUT2D eigenvalue weighted by atomic mass is 32.1. The van der Waals surface area contributed by atoms with Crippen LogP contribution in [0.15, 0.2) is 30.3 Å². The molecular weight excluding hydrogens is 278 g/mol. The normalized spacial score (nSPS) is 14.8. The Labute approximate surface area is 131 Å². The maximum atomic E-state index is 4.95. The summed E-state index contributed by atoms with van der Waals surface area (Å²) in [5.74, 6) is 0. The highest BCUT2D eigenvalue weighted by Gasteiger charge is 2.19. The Kier molecular flexibility index (Phi) is 4.88. The van der Waals surface area contributed by atoms with E-state index in [0.29, 0.717) is 0 Å². The van der Waals surface area contributed by atoms with Gasteiger partial charge in [0.2, 0.25) is 0 Å². The van der Waals surface area contributed by atoms with Crippen molar-refractivity contribution in [1.29, 1.82) is 0 Å². The van der Waals surface area contributed by atoms with E-state index in [9.17, 15) is 0 Å². The van der Waals surface area contributed by atoms with Crippen LogP contribution < -0.4 is 10.2 Å². The lowest BCUT2D eigenvalue weighted by molar-refractivity contribution is 0.681. The summed E-state index contributed by atoms with van der Waals surface area (Å²) in [7, 11) is 0. The summed E-state index contributed by atoms with van der Waals surface area (Å²) in [4.78, 5) is 8.73. The minimum Gasteiger partial charge on any atom is -0.348 e. The Balaban J connectivity index is 1.87. The molecule has 0 aliphatic carbocycles. The van der Waals surface area contributed by atoms with Crippen molar-refractivity contribution in [2.75, 3.05) is 24.5 Å². The van der Waals surface area contributed by atoms with Gasteiger partial charge in [-0.25, -0.2) is 4.98 Å². The van der Waals surface area contributed by atoms with Gasteiger partial charge in [-0.1, -0.05) is 48.6 Å². The van der Waals surface area contributed by atoms with Crippen LogP contribution in [0, 0.1) is 0 Å². The van der Waals surface area contributed by atoms with Gasteiger partial charge < -0.3 is 10.2 Å². The summed E-state index contributed by atoms with van der Waals surface area (Å²) in [6, 6.07) is 10.6. The van der Waals surface area contributed by atoms with E-state index in [0.717, 1.165) is 31.9 Å². The zero-order valence-corrected chi connectivity index (χ0v) is 13.5. The molecular formula is C17H23N3S. The first-order valence-electron chi connectivity index (χ1n) is 7.89. The molecule has 112 valence electrons. The molecule has 0 saturated carbocycles. The van der Waals surface area contributed by atoms with Gasteiger partial charge in [-0.3, -0.25) is 0 Å². The number of benzene rings is 1. The number of aromatic nitrogens is 1. The lowest BCUT2D eigenvalue weighted by Crippen LogP contribution is -2.17. The molecule has 1 aliphatic rings. The molecule has 0 unspecified atom stereocenters. The molecule has 1 saturated heterocycles. The van der Waals surface area contributed by atoms with Gasteiger partial charge >= 0.3 is 0 Å². The van der Waals surface area contributed by atoms with Crippen LogP contribution in [0.25, 0.3) is 11.3 Å². The molecule has 2 aromatic rings. The minimum absolute atomic E-state index is 0.920. The average molecular weight is 301 g/mol. The van der Waals surface area contributed by atoms with Crippen molar-refractivity contribution >= 4 is 16.5 Å². The highest BCUT2D eigenvalue weighted by molar-refractivity contribution is 7.16. The van der Waals surface area contributed by atoms with E-state index in [1.807, 2.05) is 11.3 Å². The fourth-order valence-electron chi connectivity index (χ4n) is 2.70. The largest absolute Gasteiger partial charge is 0.348 e. The van der Waals surface area contributed by atoms with Crippen LogP contribution in [0.4, 0.5) is 5.13 Å². The molecule has 3 rings (SSSR count). The number of hydrogen-bond acceptors (Lipinski definition) is 4. The van der Waals surface area contributed by atoms with Gasteiger partial charge in [0.25, 0.3) is 0 Å². The van der Waals surface area contributed by atoms with Gasteiger partial charge in [-0.15, -0.1) is 0 Å². The SMILES string of the molecule is CCCNCc1sc(N2CCCC2)nc1-c1ccccc1. The molecule has 3 nitrogen and oxygen atoms in total. The van der Waals surface area contributed by atoms with E-state index in [-0.39, 0.29) is 0 Å². The summed E-state index contributed by atoms with van der Waals surface area (Å²) in [5, 5.41) is 4.71. The van der Waals surface area contributed by atoms with Crippen LogP contribution >= 0.6 is 11.3 Å². The third-order valence-corrected chi connectivity index (χ3v) is 4.94. The predicted molar refractivity (Wildman–Crippen MR) is 91.0 cm³/mol. The molecule has 0 spiro atoms. The van der Waals surface area contributed by atoms with Crippen LogP contribution in [-0.4, -0.2) is 24.6 Å². The number of thiazole rings is 1. The first-order chi connectivity index (χ1) is 10.4. The second-order valence-electron chi connectivity index (χ2n) is 5.51. The maximum Gasteiger partial charge on any atom is 0.186 e. The Morgan fingerprint density at radius 1 is 1.19 bits per heavy atom. The standard InChI is InChI=1S/C17H23N3S/c1-2-10-18-13-15-16(14-8-4-3-5-9-14)19-17(21-15)20-11-6-7-12-20/h3-5,8-9,18H,2,6-7,10-13H2,1H3. The maximum absolute atomic E-state index is 4.95. The Morgan fingerprint density at radius 3 is 2.67 bits per heavy atom. The molecule has 0 atom stereocenters. The van der Waals surface area contributed by atoms with Crippen LogP contribution in [0.5, 0.6) is 0 Å². The summed E-state index contributed by atoms with van der Waals surface area (Å²) in [5.41, 5.74) is 2.39. The van der Waals surface area contributed by atoms with Crippen LogP contribution in [-0.2, 0) is 6.54 Å². The molecule has 0 bridgehead atoms. The molecule has 1 fully saturated rings. The number of nitrogens with zero attached hydrogens (tertiary/aromatic N) is 2. The first kappa shape index (κ1) is 14.5. The van der Waals surface area contributed by atoms with E-state index in [2.05, 4.69) is 47.5 Å². The summed E-state index contributed by atoms with van der Waals surface area (Å²) in [6.07, 6.45) is 3.76. The topological polar surface area (TPSA) is 28.2 Å². The van der Waals surface area contributed by atoms with Crippen LogP contribution in [0.2, 0.25) is 0 Å². The second-order valence-corrected chi connectivity index (χ2v) is 6.57. The van der Waals surface area contributed by atoms with Crippen LogP contribution in [0.1, 0.15) is 31.1 Å². The van der Waals surface area contributed by atoms with Crippen molar-refractivity contribution in [2.24, 2.45) is 0 Å². The zero-order valence-electron chi connectivity index (χ0n) is 12.6. The van der Waals surface area contributed by atoms with Gasteiger partial charge in [0.05, 0.1) is 5.69 Å². The number of nitrogens with one attached hydrogen (secondary N) is 1. The molecule has 1 aromatic carbocycles. The molecule has 1 N–H and O–H groups in total. The van der Waals surface area contributed by atoms with E-state index < -0.39 is 0 Å². The van der Waals surface area contributed by atoms with E-state index in [4.69, 9.17) is 4.98 Å². The Morgan fingerprint density at radius 2 is 1.95 bits per heavy atom. The smallest absolute Gasteiger partial charge is 0.186 e. The third kappa shape index (κ3) is 3.44. The monoisotopic (exact) mass is 301 g/mol. The van der Waals surface area contributed by atoms with Gasteiger partial charge in [-0.05, 0) is 25.8 Å². The van der Waals surface area contributed by atoms with Gasteiger partial charge in [0.15, 0.2) is 5.13 Å². The molecule has 1 aliphatic heterocycles. The minimum atomic E-state index is 0.920. The lowest BCUT2D eigenvalue weighted by Gasteiger charge is -2.12. The predicted octanol–water partition coefficient (Wildman–Crippen LogP) is 3.91. The highest BCUT2D eigenvalue weighted by Crippen LogP contribution is 2.34. The summed E-state index contributed by atoms with van der Waals surface area (Å²) < 4.78 is 0. The van der Waals surface area contributed by atoms with Crippen molar-refractivity contribution in [3.8, 4) is 11.3 Å². The summed E-state index contributed by atoms with van der Waals surface area (Å²) >= 11 is 1.85. The average Bonchev–Trinajstić information content (AvgIpc) is 3.18. The Bertz CT molecular complexity index is 559. The van der Waals surface area contributed by atoms with Crippen molar-refractivity contribution < 1.29 is 0 Å². The molecule has 2 heterocycles. The zero-order chi connectivity index (χ0) is 14.5. The fourth-order valence-corrected chi connectivity index (χ4v) is 3.81. The van der Waals surface area contributed by atoms with Gasteiger partial charge in [-0.2, -0.15) is 0 Å². The van der Waals surface area contributed by atoms with Gasteiger partial charge in [0, 0.05) is 30.1 Å². The van der Waals surface area contributed by atoms with Crippen molar-refractivity contribution in [2.45, 2.75) is 32.7 Å². The van der Waals surface area contributed by atoms with E-state index in [1.54, 1.807) is 0 Å². The molecule has 4 heteroatoms.